The lowest BCUT2D eigenvalue weighted by Crippen LogP contribution is -2.38. The molecule has 0 unspecified atom stereocenters. The first-order chi connectivity index (χ1) is 17.9. The molecule has 4 aromatic rings. The van der Waals surface area contributed by atoms with Crippen LogP contribution in [0.2, 0.25) is 5.02 Å². The van der Waals surface area contributed by atoms with Gasteiger partial charge in [0.2, 0.25) is 0 Å². The standard InChI is InChI=1S/C29H24ClN5O2/c1-34(29(37)35(2)23-14-16-31-17-15-23)22-11-9-21(10-12-22)32-27(19-6-4-3-5-7-19)26-24-13-8-20(30)18-25(24)33-28(26)36/h3-18,32H,1-2H3,(H,33,36). The van der Waals surface area contributed by atoms with Crippen LogP contribution in [-0.4, -0.2) is 31.0 Å². The smallest absolute Gasteiger partial charge is 0.328 e. The van der Waals surface area contributed by atoms with Gasteiger partial charge in [-0.15, -0.1) is 0 Å². The Bertz CT molecular complexity index is 1490. The Morgan fingerprint density at radius 3 is 2.19 bits per heavy atom. The van der Waals surface area contributed by atoms with Crippen LogP contribution in [0, 0.1) is 0 Å². The van der Waals surface area contributed by atoms with Crippen LogP contribution in [0.3, 0.4) is 0 Å². The molecule has 0 saturated heterocycles. The van der Waals surface area contributed by atoms with Gasteiger partial charge < -0.3 is 10.6 Å². The number of anilines is 4. The second-order valence-electron chi connectivity index (χ2n) is 8.54. The number of aromatic nitrogens is 1. The Kier molecular flexibility index (Phi) is 6.62. The normalized spacial score (nSPS) is 13.4. The number of amides is 3. The number of rotatable bonds is 5. The Morgan fingerprint density at radius 1 is 0.865 bits per heavy atom. The molecular weight excluding hydrogens is 486 g/mol. The quantitative estimate of drug-likeness (QED) is 0.307. The van der Waals surface area contributed by atoms with Crippen LogP contribution in [0.5, 0.6) is 0 Å². The lowest BCUT2D eigenvalue weighted by atomic mass is 10.00. The Hall–Kier alpha value is -4.62. The summed E-state index contributed by atoms with van der Waals surface area (Å²) in [6.07, 6.45) is 3.30. The summed E-state index contributed by atoms with van der Waals surface area (Å²) in [7, 11) is 3.45. The van der Waals surface area contributed by atoms with E-state index in [1.165, 1.54) is 0 Å². The molecule has 3 aromatic carbocycles. The van der Waals surface area contributed by atoms with Gasteiger partial charge in [0, 0.05) is 54.1 Å². The van der Waals surface area contributed by atoms with Crippen LogP contribution < -0.4 is 20.4 Å². The molecule has 0 bridgehead atoms. The topological polar surface area (TPSA) is 77.6 Å². The molecule has 7 nitrogen and oxygen atoms in total. The number of hydrogen-bond acceptors (Lipinski definition) is 4. The molecule has 0 atom stereocenters. The van der Waals surface area contributed by atoms with Crippen molar-refractivity contribution in [1.29, 1.82) is 0 Å². The van der Waals surface area contributed by atoms with E-state index >= 15 is 0 Å². The van der Waals surface area contributed by atoms with Crippen molar-refractivity contribution in [2.75, 3.05) is 34.5 Å². The van der Waals surface area contributed by atoms with Gasteiger partial charge in [0.15, 0.2) is 0 Å². The number of fused-ring (bicyclic) bond motifs is 1. The maximum absolute atomic E-state index is 13.0. The molecule has 0 spiro atoms. The van der Waals surface area contributed by atoms with Gasteiger partial charge in [0.1, 0.15) is 0 Å². The summed E-state index contributed by atoms with van der Waals surface area (Å²) < 4.78 is 0. The lowest BCUT2D eigenvalue weighted by Gasteiger charge is -2.25. The largest absolute Gasteiger partial charge is 0.354 e. The molecule has 5 rings (SSSR count). The highest BCUT2D eigenvalue weighted by atomic mass is 35.5. The third kappa shape index (κ3) is 4.90. The predicted octanol–water partition coefficient (Wildman–Crippen LogP) is 6.36. The zero-order valence-electron chi connectivity index (χ0n) is 20.3. The number of urea groups is 1. The number of benzene rings is 3. The van der Waals surface area contributed by atoms with Gasteiger partial charge in [-0.3, -0.25) is 19.6 Å². The highest BCUT2D eigenvalue weighted by molar-refractivity contribution is 6.38. The number of nitrogens with one attached hydrogen (secondary N) is 2. The highest BCUT2D eigenvalue weighted by Gasteiger charge is 2.28. The SMILES string of the molecule is CN(C(=O)N(C)c1ccc(NC(=C2C(=O)Nc3cc(Cl)ccc32)c2ccccc2)cc1)c1ccncc1. The molecular formula is C29H24ClN5O2. The first-order valence-electron chi connectivity index (χ1n) is 11.6. The lowest BCUT2D eigenvalue weighted by molar-refractivity contribution is -0.110. The number of halogens is 1. The fraction of sp³-hybridized carbons (Fsp3) is 0.0690. The Morgan fingerprint density at radius 2 is 1.51 bits per heavy atom. The minimum atomic E-state index is -0.204. The van der Waals surface area contributed by atoms with E-state index < -0.39 is 0 Å². The Balaban J connectivity index is 1.45. The number of carbonyl (C=O) groups is 2. The molecule has 37 heavy (non-hydrogen) atoms. The fourth-order valence-electron chi connectivity index (χ4n) is 4.20. The summed E-state index contributed by atoms with van der Waals surface area (Å²) in [4.78, 5) is 33.2. The molecule has 0 fully saturated rings. The van der Waals surface area contributed by atoms with Crippen molar-refractivity contribution in [1.82, 2.24) is 4.98 Å². The predicted molar refractivity (Wildman–Crippen MR) is 150 cm³/mol. The summed E-state index contributed by atoms with van der Waals surface area (Å²) in [6.45, 7) is 0. The average molecular weight is 510 g/mol. The van der Waals surface area contributed by atoms with E-state index in [9.17, 15) is 9.59 Å². The summed E-state index contributed by atoms with van der Waals surface area (Å²) >= 11 is 6.15. The third-order valence-corrected chi connectivity index (χ3v) is 6.42. The van der Waals surface area contributed by atoms with Crippen molar-refractivity contribution in [3.05, 3.63) is 113 Å². The first-order valence-corrected chi connectivity index (χ1v) is 12.0. The van der Waals surface area contributed by atoms with E-state index in [1.807, 2.05) is 60.7 Å². The van der Waals surface area contributed by atoms with Crippen LogP contribution in [-0.2, 0) is 4.79 Å². The van der Waals surface area contributed by atoms with Gasteiger partial charge in [-0.05, 0) is 54.1 Å². The van der Waals surface area contributed by atoms with Gasteiger partial charge in [-0.1, -0.05) is 48.0 Å². The van der Waals surface area contributed by atoms with Crippen molar-refractivity contribution in [2.24, 2.45) is 0 Å². The van der Waals surface area contributed by atoms with Gasteiger partial charge in [-0.25, -0.2) is 4.79 Å². The zero-order valence-corrected chi connectivity index (χ0v) is 21.0. The minimum Gasteiger partial charge on any atom is -0.354 e. The van der Waals surface area contributed by atoms with Crippen LogP contribution >= 0.6 is 11.6 Å². The van der Waals surface area contributed by atoms with E-state index in [2.05, 4.69) is 15.6 Å². The molecule has 0 saturated carbocycles. The molecule has 0 radical (unpaired) electrons. The minimum absolute atomic E-state index is 0.183. The van der Waals surface area contributed by atoms with Crippen LogP contribution in [0.25, 0.3) is 11.3 Å². The van der Waals surface area contributed by atoms with E-state index in [0.717, 1.165) is 28.2 Å². The number of pyridine rings is 1. The van der Waals surface area contributed by atoms with Crippen molar-refractivity contribution in [3.63, 3.8) is 0 Å². The molecule has 1 aliphatic heterocycles. The maximum atomic E-state index is 13.0. The second-order valence-corrected chi connectivity index (χ2v) is 8.97. The zero-order chi connectivity index (χ0) is 25.9. The second kappa shape index (κ2) is 10.2. The van der Waals surface area contributed by atoms with Gasteiger partial charge in [0.25, 0.3) is 5.91 Å². The summed E-state index contributed by atoms with van der Waals surface area (Å²) in [5.74, 6) is -0.204. The summed E-state index contributed by atoms with van der Waals surface area (Å²) in [5, 5.41) is 6.90. The van der Waals surface area contributed by atoms with E-state index in [4.69, 9.17) is 11.6 Å². The summed E-state index contributed by atoms with van der Waals surface area (Å²) in [5.41, 5.74) is 5.78. The van der Waals surface area contributed by atoms with Crippen LogP contribution in [0.4, 0.5) is 27.5 Å². The van der Waals surface area contributed by atoms with Crippen molar-refractivity contribution in [3.8, 4) is 0 Å². The molecule has 3 amide bonds. The van der Waals surface area contributed by atoms with E-state index in [0.29, 0.717) is 22.0 Å². The van der Waals surface area contributed by atoms with E-state index in [1.54, 1.807) is 60.6 Å². The first kappa shape index (κ1) is 24.1. The van der Waals surface area contributed by atoms with Crippen LogP contribution in [0.1, 0.15) is 11.1 Å². The maximum Gasteiger partial charge on any atom is 0.328 e. The number of nitrogens with zero attached hydrogens (tertiary/aromatic N) is 3. The number of hydrogen-bond donors (Lipinski definition) is 2. The monoisotopic (exact) mass is 509 g/mol. The van der Waals surface area contributed by atoms with Gasteiger partial charge in [0.05, 0.1) is 17.0 Å². The Labute approximate surface area is 220 Å². The third-order valence-electron chi connectivity index (χ3n) is 6.19. The number of carbonyl (C=O) groups excluding carboxylic acids is 2. The summed E-state index contributed by atoms with van der Waals surface area (Å²) in [6, 6.07) is 25.9. The molecule has 0 aliphatic carbocycles. The molecule has 1 aromatic heterocycles. The van der Waals surface area contributed by atoms with Gasteiger partial charge >= 0.3 is 6.03 Å². The molecule has 2 heterocycles. The molecule has 2 N–H and O–H groups in total. The molecule has 1 aliphatic rings. The van der Waals surface area contributed by atoms with Crippen molar-refractivity contribution < 1.29 is 9.59 Å². The van der Waals surface area contributed by atoms with E-state index in [-0.39, 0.29) is 11.9 Å². The average Bonchev–Trinajstić information content (AvgIpc) is 3.26. The van der Waals surface area contributed by atoms with Crippen molar-refractivity contribution >= 4 is 57.6 Å². The fourth-order valence-corrected chi connectivity index (χ4v) is 4.38. The van der Waals surface area contributed by atoms with Crippen LogP contribution in [0.15, 0.2) is 97.3 Å². The van der Waals surface area contributed by atoms with Gasteiger partial charge in [-0.2, -0.15) is 0 Å². The molecule has 8 heteroatoms. The van der Waals surface area contributed by atoms with Crippen molar-refractivity contribution in [2.45, 2.75) is 0 Å². The molecule has 184 valence electrons. The highest BCUT2D eigenvalue weighted by Crippen LogP contribution is 2.38.